The average Bonchev–Trinajstić information content (AvgIpc) is 3.23. The average molecular weight is 472 g/mol. The van der Waals surface area contributed by atoms with Crippen LogP contribution in [0.3, 0.4) is 0 Å². The summed E-state index contributed by atoms with van der Waals surface area (Å²) >= 11 is 0. The van der Waals surface area contributed by atoms with Gasteiger partial charge in [0.2, 0.25) is 0 Å². The number of hydrogen-bond donors (Lipinski definition) is 1. The number of nitrogens with one attached hydrogen (secondary N) is 1. The molecule has 0 fully saturated rings. The van der Waals surface area contributed by atoms with E-state index in [-0.39, 0.29) is 11.7 Å². The number of aryl methyl sites for hydroxylation is 1. The number of carbonyl (C=O) groups excluding carboxylic acids is 1. The first-order valence-electron chi connectivity index (χ1n) is 12.6. The van der Waals surface area contributed by atoms with Crippen molar-refractivity contribution in [2.24, 2.45) is 0 Å². The highest BCUT2D eigenvalue weighted by molar-refractivity contribution is 5.94. The third-order valence-electron chi connectivity index (χ3n) is 6.70. The molecule has 1 heterocycles. The third kappa shape index (κ3) is 6.36. The SMILES string of the molecule is CCC(C)c1ccc(Cn2c(CCCCCNC(=O)c3ccc(F)cc3)nc3ccccc32)cc1. The van der Waals surface area contributed by atoms with E-state index in [2.05, 4.69) is 66.2 Å². The van der Waals surface area contributed by atoms with Crippen LogP contribution >= 0.6 is 0 Å². The van der Waals surface area contributed by atoms with E-state index in [0.717, 1.165) is 50.0 Å². The van der Waals surface area contributed by atoms with E-state index in [1.807, 2.05) is 6.07 Å². The Kier molecular flexibility index (Phi) is 8.30. The van der Waals surface area contributed by atoms with Crippen molar-refractivity contribution in [3.05, 3.63) is 101 Å². The van der Waals surface area contributed by atoms with Crippen LogP contribution in [-0.4, -0.2) is 22.0 Å². The Labute approximate surface area is 207 Å². The summed E-state index contributed by atoms with van der Waals surface area (Å²) in [5.41, 5.74) is 5.35. The van der Waals surface area contributed by atoms with Crippen molar-refractivity contribution in [1.29, 1.82) is 0 Å². The smallest absolute Gasteiger partial charge is 0.251 e. The largest absolute Gasteiger partial charge is 0.352 e. The van der Waals surface area contributed by atoms with Gasteiger partial charge < -0.3 is 9.88 Å². The summed E-state index contributed by atoms with van der Waals surface area (Å²) in [6.45, 7) is 5.91. The molecule has 0 aliphatic carbocycles. The van der Waals surface area contributed by atoms with Crippen LogP contribution in [0.2, 0.25) is 0 Å². The van der Waals surface area contributed by atoms with Crippen LogP contribution < -0.4 is 5.32 Å². The molecule has 4 aromatic rings. The van der Waals surface area contributed by atoms with Gasteiger partial charge in [0.15, 0.2) is 0 Å². The molecule has 0 aliphatic heterocycles. The van der Waals surface area contributed by atoms with Crippen molar-refractivity contribution in [2.45, 2.75) is 58.4 Å². The van der Waals surface area contributed by atoms with Gasteiger partial charge in [0.25, 0.3) is 5.91 Å². The predicted octanol–water partition coefficient (Wildman–Crippen LogP) is 6.88. The lowest BCUT2D eigenvalue weighted by molar-refractivity contribution is 0.0953. The van der Waals surface area contributed by atoms with Crippen LogP contribution in [-0.2, 0) is 13.0 Å². The molecule has 1 amide bonds. The Hall–Kier alpha value is -3.47. The van der Waals surface area contributed by atoms with E-state index < -0.39 is 0 Å². The van der Waals surface area contributed by atoms with E-state index in [0.29, 0.717) is 18.0 Å². The topological polar surface area (TPSA) is 46.9 Å². The number of amides is 1. The lowest BCUT2D eigenvalue weighted by Crippen LogP contribution is -2.24. The van der Waals surface area contributed by atoms with Crippen molar-refractivity contribution < 1.29 is 9.18 Å². The van der Waals surface area contributed by atoms with Crippen LogP contribution in [0, 0.1) is 5.82 Å². The quantitative estimate of drug-likeness (QED) is 0.242. The molecule has 0 radical (unpaired) electrons. The lowest BCUT2D eigenvalue weighted by Gasteiger charge is -2.12. The standard InChI is InChI=1S/C30H34FN3O/c1-3-22(2)24-14-12-23(13-15-24)21-34-28-10-7-6-9-27(28)33-29(34)11-5-4-8-20-32-30(35)25-16-18-26(31)19-17-25/h6-7,9-10,12-19,22H,3-5,8,11,20-21H2,1-2H3,(H,32,35). The minimum Gasteiger partial charge on any atom is -0.352 e. The number of fused-ring (bicyclic) bond motifs is 1. The van der Waals surface area contributed by atoms with Crippen LogP contribution in [0.1, 0.15) is 72.8 Å². The van der Waals surface area contributed by atoms with Crippen molar-refractivity contribution in [3.8, 4) is 0 Å². The Balaban J connectivity index is 1.33. The number of unbranched alkanes of at least 4 members (excludes halogenated alkanes) is 2. The molecule has 1 N–H and O–H groups in total. The van der Waals surface area contributed by atoms with Gasteiger partial charge in [-0.15, -0.1) is 0 Å². The van der Waals surface area contributed by atoms with Gasteiger partial charge in [0, 0.05) is 25.1 Å². The monoisotopic (exact) mass is 471 g/mol. The normalized spacial score (nSPS) is 12.1. The summed E-state index contributed by atoms with van der Waals surface area (Å²) in [6.07, 6.45) is 4.93. The first-order valence-corrected chi connectivity index (χ1v) is 12.6. The number of hydrogen-bond acceptors (Lipinski definition) is 2. The van der Waals surface area contributed by atoms with E-state index in [1.165, 1.54) is 40.9 Å². The third-order valence-corrected chi connectivity index (χ3v) is 6.70. The van der Waals surface area contributed by atoms with Crippen molar-refractivity contribution in [3.63, 3.8) is 0 Å². The minimum absolute atomic E-state index is 0.161. The van der Waals surface area contributed by atoms with Gasteiger partial charge in [0.1, 0.15) is 11.6 Å². The van der Waals surface area contributed by atoms with Gasteiger partial charge in [0.05, 0.1) is 11.0 Å². The second-order valence-corrected chi connectivity index (χ2v) is 9.23. The van der Waals surface area contributed by atoms with Crippen molar-refractivity contribution in [1.82, 2.24) is 14.9 Å². The molecule has 4 rings (SSSR count). The molecule has 3 aromatic carbocycles. The molecule has 35 heavy (non-hydrogen) atoms. The van der Waals surface area contributed by atoms with Gasteiger partial charge >= 0.3 is 0 Å². The van der Waals surface area contributed by atoms with Gasteiger partial charge in [-0.05, 0) is 72.7 Å². The lowest BCUT2D eigenvalue weighted by atomic mass is 9.97. The zero-order valence-corrected chi connectivity index (χ0v) is 20.6. The Bertz CT molecular complexity index is 1250. The maximum Gasteiger partial charge on any atom is 0.251 e. The summed E-state index contributed by atoms with van der Waals surface area (Å²) in [4.78, 5) is 17.1. The second-order valence-electron chi connectivity index (χ2n) is 9.23. The highest BCUT2D eigenvalue weighted by Crippen LogP contribution is 2.22. The van der Waals surface area contributed by atoms with Crippen molar-refractivity contribution >= 4 is 16.9 Å². The summed E-state index contributed by atoms with van der Waals surface area (Å²) in [5.74, 6) is 1.18. The zero-order valence-electron chi connectivity index (χ0n) is 20.6. The maximum atomic E-state index is 13.0. The Morgan fingerprint density at radius 3 is 2.46 bits per heavy atom. The molecular formula is C30H34FN3O. The molecule has 0 spiro atoms. The molecular weight excluding hydrogens is 437 g/mol. The fourth-order valence-electron chi connectivity index (χ4n) is 4.35. The number of imidazole rings is 1. The molecule has 4 nitrogen and oxygen atoms in total. The van der Waals surface area contributed by atoms with Crippen LogP contribution in [0.5, 0.6) is 0 Å². The highest BCUT2D eigenvalue weighted by Gasteiger charge is 2.12. The Morgan fingerprint density at radius 1 is 0.971 bits per heavy atom. The first-order chi connectivity index (χ1) is 17.0. The number of carbonyl (C=O) groups is 1. The number of nitrogens with zero attached hydrogens (tertiary/aromatic N) is 2. The molecule has 1 atom stereocenters. The molecule has 0 bridgehead atoms. The van der Waals surface area contributed by atoms with Gasteiger partial charge in [-0.3, -0.25) is 4.79 Å². The Morgan fingerprint density at radius 2 is 1.71 bits per heavy atom. The number of rotatable bonds is 11. The molecule has 1 unspecified atom stereocenters. The van der Waals surface area contributed by atoms with E-state index in [1.54, 1.807) is 0 Å². The summed E-state index contributed by atoms with van der Waals surface area (Å²) in [6, 6.07) is 22.9. The fourth-order valence-corrected chi connectivity index (χ4v) is 4.35. The van der Waals surface area contributed by atoms with Crippen LogP contribution in [0.25, 0.3) is 11.0 Å². The van der Waals surface area contributed by atoms with E-state index in [4.69, 9.17) is 4.98 Å². The number of halogens is 1. The number of aromatic nitrogens is 2. The molecule has 5 heteroatoms. The van der Waals surface area contributed by atoms with Gasteiger partial charge in [-0.25, -0.2) is 9.37 Å². The number of benzene rings is 3. The zero-order chi connectivity index (χ0) is 24.6. The molecule has 1 aromatic heterocycles. The highest BCUT2D eigenvalue weighted by atomic mass is 19.1. The molecule has 0 saturated heterocycles. The predicted molar refractivity (Wildman–Crippen MR) is 140 cm³/mol. The summed E-state index contributed by atoms with van der Waals surface area (Å²) in [7, 11) is 0. The first kappa shape index (κ1) is 24.6. The second kappa shape index (κ2) is 11.8. The summed E-state index contributed by atoms with van der Waals surface area (Å²) < 4.78 is 15.4. The maximum absolute atomic E-state index is 13.0. The molecule has 0 saturated carbocycles. The van der Waals surface area contributed by atoms with E-state index >= 15 is 0 Å². The van der Waals surface area contributed by atoms with E-state index in [9.17, 15) is 9.18 Å². The summed E-state index contributed by atoms with van der Waals surface area (Å²) in [5, 5.41) is 2.92. The van der Waals surface area contributed by atoms with Crippen LogP contribution in [0.15, 0.2) is 72.8 Å². The molecule has 0 aliphatic rings. The van der Waals surface area contributed by atoms with Gasteiger partial charge in [-0.2, -0.15) is 0 Å². The minimum atomic E-state index is -0.337. The van der Waals surface area contributed by atoms with Gasteiger partial charge in [-0.1, -0.05) is 56.7 Å². The molecule has 182 valence electrons. The number of para-hydroxylation sites is 2. The van der Waals surface area contributed by atoms with Crippen molar-refractivity contribution in [2.75, 3.05) is 6.54 Å². The van der Waals surface area contributed by atoms with Crippen LogP contribution in [0.4, 0.5) is 4.39 Å². The fraction of sp³-hybridized carbons (Fsp3) is 0.333.